The predicted octanol–water partition coefficient (Wildman–Crippen LogP) is 5.15. The average Bonchev–Trinajstić information content (AvgIpc) is 2.51. The van der Waals surface area contributed by atoms with Gasteiger partial charge in [0.25, 0.3) is 0 Å². The van der Waals surface area contributed by atoms with E-state index in [1.165, 1.54) is 5.56 Å². The zero-order chi connectivity index (χ0) is 16.0. The van der Waals surface area contributed by atoms with Crippen molar-refractivity contribution in [2.24, 2.45) is 0 Å². The minimum absolute atomic E-state index is 0.248. The van der Waals surface area contributed by atoms with Gasteiger partial charge in [0.05, 0.1) is 8.07 Å². The Morgan fingerprint density at radius 3 is 2.00 bits per heavy atom. The Bertz CT molecular complexity index is 636. The van der Waals surface area contributed by atoms with Crippen molar-refractivity contribution in [2.75, 3.05) is 0 Å². The van der Waals surface area contributed by atoms with Crippen LogP contribution < -0.4 is 0 Å². The molecular formula is C20H24OSi. The topological polar surface area (TPSA) is 17.1 Å². The molecule has 0 N–H and O–H groups in total. The van der Waals surface area contributed by atoms with Gasteiger partial charge in [0, 0.05) is 12.0 Å². The van der Waals surface area contributed by atoms with E-state index in [4.69, 9.17) is 0 Å². The summed E-state index contributed by atoms with van der Waals surface area (Å²) in [7, 11) is -1.46. The summed E-state index contributed by atoms with van der Waals surface area (Å²) in [6.45, 7) is 6.79. The van der Waals surface area contributed by atoms with Crippen LogP contribution in [0.15, 0.2) is 66.4 Å². The Hall–Kier alpha value is -1.93. The van der Waals surface area contributed by atoms with Crippen LogP contribution in [0.2, 0.25) is 19.6 Å². The van der Waals surface area contributed by atoms with Crippen LogP contribution in [-0.4, -0.2) is 13.9 Å². The zero-order valence-corrected chi connectivity index (χ0v) is 14.7. The fraction of sp³-hybridized carbons (Fsp3) is 0.250. The van der Waals surface area contributed by atoms with Crippen LogP contribution in [0.5, 0.6) is 0 Å². The molecule has 0 spiro atoms. The molecule has 0 radical (unpaired) electrons. The summed E-state index contributed by atoms with van der Waals surface area (Å²) in [5, 5.41) is 0. The fourth-order valence-corrected chi connectivity index (χ4v) is 3.61. The summed E-state index contributed by atoms with van der Waals surface area (Å²) in [6.07, 6.45) is 1.37. The van der Waals surface area contributed by atoms with Crippen LogP contribution in [0.4, 0.5) is 0 Å². The first-order chi connectivity index (χ1) is 10.5. The van der Waals surface area contributed by atoms with Gasteiger partial charge in [0.1, 0.15) is 0 Å². The number of benzene rings is 2. The number of carbonyl (C=O) groups is 1. The second-order valence-corrected chi connectivity index (χ2v) is 11.7. The SMILES string of the molecule is C[Si](C)(C)/C=C(/C(=O)CCc1ccccc1)c1ccccc1. The molecule has 0 aliphatic rings. The minimum atomic E-state index is -1.46. The summed E-state index contributed by atoms with van der Waals surface area (Å²) in [5.74, 6) is 0.248. The Labute approximate surface area is 134 Å². The normalized spacial score (nSPS) is 12.2. The van der Waals surface area contributed by atoms with Gasteiger partial charge in [-0.25, -0.2) is 0 Å². The number of hydrogen-bond donors (Lipinski definition) is 0. The number of ketones is 1. The lowest BCUT2D eigenvalue weighted by Crippen LogP contribution is -2.19. The lowest BCUT2D eigenvalue weighted by atomic mass is 9.98. The van der Waals surface area contributed by atoms with E-state index in [0.29, 0.717) is 6.42 Å². The van der Waals surface area contributed by atoms with E-state index in [9.17, 15) is 4.79 Å². The Morgan fingerprint density at radius 1 is 0.909 bits per heavy atom. The molecule has 0 atom stereocenters. The molecule has 2 aromatic carbocycles. The summed E-state index contributed by atoms with van der Waals surface area (Å²) in [6, 6.07) is 20.3. The summed E-state index contributed by atoms with van der Waals surface area (Å²) < 4.78 is 0. The molecule has 0 saturated carbocycles. The highest BCUT2D eigenvalue weighted by atomic mass is 28.3. The molecule has 2 aromatic rings. The smallest absolute Gasteiger partial charge is 0.163 e. The molecule has 0 amide bonds. The van der Waals surface area contributed by atoms with Crippen molar-refractivity contribution >= 4 is 19.4 Å². The second-order valence-electron chi connectivity index (χ2n) is 6.70. The molecule has 0 bridgehead atoms. The van der Waals surface area contributed by atoms with Crippen molar-refractivity contribution in [1.29, 1.82) is 0 Å². The molecule has 0 aliphatic heterocycles. The molecule has 0 fully saturated rings. The monoisotopic (exact) mass is 308 g/mol. The van der Waals surface area contributed by atoms with Gasteiger partial charge in [-0.15, -0.1) is 0 Å². The van der Waals surface area contributed by atoms with Crippen molar-refractivity contribution in [1.82, 2.24) is 0 Å². The largest absolute Gasteiger partial charge is 0.294 e. The number of carbonyl (C=O) groups excluding carboxylic acids is 1. The number of allylic oxidation sites excluding steroid dienone is 1. The predicted molar refractivity (Wildman–Crippen MR) is 97.5 cm³/mol. The van der Waals surface area contributed by atoms with Crippen molar-refractivity contribution < 1.29 is 4.79 Å². The molecular weight excluding hydrogens is 284 g/mol. The first-order valence-corrected chi connectivity index (χ1v) is 11.4. The first-order valence-electron chi connectivity index (χ1n) is 7.81. The number of rotatable bonds is 6. The van der Waals surface area contributed by atoms with Crippen LogP contribution in [0, 0.1) is 0 Å². The van der Waals surface area contributed by atoms with Gasteiger partial charge in [0.2, 0.25) is 0 Å². The minimum Gasteiger partial charge on any atom is -0.294 e. The van der Waals surface area contributed by atoms with Crippen LogP contribution in [0.1, 0.15) is 17.5 Å². The van der Waals surface area contributed by atoms with E-state index in [1.807, 2.05) is 48.5 Å². The van der Waals surface area contributed by atoms with Crippen molar-refractivity contribution in [3.8, 4) is 0 Å². The molecule has 1 nitrogen and oxygen atoms in total. The van der Waals surface area contributed by atoms with Gasteiger partial charge in [-0.3, -0.25) is 4.79 Å². The van der Waals surface area contributed by atoms with Gasteiger partial charge in [0.15, 0.2) is 5.78 Å². The molecule has 0 heterocycles. The molecule has 0 saturated heterocycles. The molecule has 0 aliphatic carbocycles. The summed E-state index contributed by atoms with van der Waals surface area (Å²) in [5.41, 5.74) is 5.39. The summed E-state index contributed by atoms with van der Waals surface area (Å²) in [4.78, 5) is 12.7. The standard InChI is InChI=1S/C20H24OSi/c1-22(2,3)16-19(18-12-8-5-9-13-18)20(21)15-14-17-10-6-4-7-11-17/h4-13,16H,14-15H2,1-3H3/b19-16+. The second kappa shape index (κ2) is 7.37. The first kappa shape index (κ1) is 16.4. The van der Waals surface area contributed by atoms with Crippen LogP contribution in [-0.2, 0) is 11.2 Å². The average molecular weight is 308 g/mol. The highest BCUT2D eigenvalue weighted by molar-refractivity contribution is 6.82. The number of hydrogen-bond acceptors (Lipinski definition) is 1. The third-order valence-corrected chi connectivity index (χ3v) is 4.60. The Balaban J connectivity index is 2.19. The highest BCUT2D eigenvalue weighted by Gasteiger charge is 2.17. The van der Waals surface area contributed by atoms with Crippen LogP contribution in [0.25, 0.3) is 5.57 Å². The van der Waals surface area contributed by atoms with Crippen molar-refractivity contribution in [3.63, 3.8) is 0 Å². The molecule has 22 heavy (non-hydrogen) atoms. The van der Waals surface area contributed by atoms with Gasteiger partial charge >= 0.3 is 0 Å². The maximum absolute atomic E-state index is 12.7. The summed E-state index contributed by atoms with van der Waals surface area (Å²) >= 11 is 0. The van der Waals surface area contributed by atoms with Gasteiger partial charge in [-0.1, -0.05) is 86.0 Å². The van der Waals surface area contributed by atoms with Crippen molar-refractivity contribution in [2.45, 2.75) is 32.5 Å². The fourth-order valence-electron chi connectivity index (χ4n) is 2.41. The van der Waals surface area contributed by atoms with E-state index in [0.717, 1.165) is 17.6 Å². The Morgan fingerprint density at radius 2 is 1.45 bits per heavy atom. The van der Waals surface area contributed by atoms with Crippen molar-refractivity contribution in [3.05, 3.63) is 77.5 Å². The number of aryl methyl sites for hydroxylation is 1. The number of Topliss-reactive ketones (excluding diaryl/α,β-unsaturated/α-hetero) is 1. The third-order valence-electron chi connectivity index (χ3n) is 3.45. The molecule has 114 valence electrons. The zero-order valence-electron chi connectivity index (χ0n) is 13.7. The van der Waals surface area contributed by atoms with E-state index in [1.54, 1.807) is 0 Å². The maximum Gasteiger partial charge on any atom is 0.163 e. The highest BCUT2D eigenvalue weighted by Crippen LogP contribution is 2.21. The third kappa shape index (κ3) is 5.12. The molecule has 2 rings (SSSR count). The quantitative estimate of drug-likeness (QED) is 0.533. The molecule has 2 heteroatoms. The lowest BCUT2D eigenvalue weighted by Gasteiger charge is -2.14. The lowest BCUT2D eigenvalue weighted by molar-refractivity contribution is -0.113. The maximum atomic E-state index is 12.7. The Kier molecular flexibility index (Phi) is 5.50. The van der Waals surface area contributed by atoms with Gasteiger partial charge in [-0.05, 0) is 17.5 Å². The van der Waals surface area contributed by atoms with Gasteiger partial charge < -0.3 is 0 Å². The van der Waals surface area contributed by atoms with Crippen LogP contribution in [0.3, 0.4) is 0 Å². The van der Waals surface area contributed by atoms with Gasteiger partial charge in [-0.2, -0.15) is 0 Å². The molecule has 0 aromatic heterocycles. The van der Waals surface area contributed by atoms with E-state index in [2.05, 4.69) is 37.5 Å². The van der Waals surface area contributed by atoms with E-state index in [-0.39, 0.29) is 5.78 Å². The van der Waals surface area contributed by atoms with E-state index >= 15 is 0 Å². The van der Waals surface area contributed by atoms with E-state index < -0.39 is 8.07 Å². The van der Waals surface area contributed by atoms with Crippen LogP contribution >= 0.6 is 0 Å². The molecule has 0 unspecified atom stereocenters.